The van der Waals surface area contributed by atoms with E-state index < -0.39 is 5.91 Å². The van der Waals surface area contributed by atoms with Gasteiger partial charge in [-0.3, -0.25) is 4.79 Å². The molecule has 0 unspecified atom stereocenters. The number of rotatable bonds is 1. The van der Waals surface area contributed by atoms with Gasteiger partial charge in [0.1, 0.15) is 5.75 Å². The third-order valence-corrected chi connectivity index (χ3v) is 2.33. The fourth-order valence-electron chi connectivity index (χ4n) is 1.17. The number of hydrogen-bond acceptors (Lipinski definition) is 2. The van der Waals surface area contributed by atoms with Crippen molar-refractivity contribution in [1.82, 2.24) is 0 Å². The maximum absolute atomic E-state index is 10.9. The van der Waals surface area contributed by atoms with Crippen LogP contribution in [-0.2, 0) is 0 Å². The van der Waals surface area contributed by atoms with Gasteiger partial charge in [-0.15, -0.1) is 0 Å². The highest BCUT2D eigenvalue weighted by molar-refractivity contribution is 6.31. The van der Waals surface area contributed by atoms with Gasteiger partial charge in [0.25, 0.3) is 5.91 Å². The SMILES string of the molecule is Cc1cc(Cl)c(C)c(O)c1C(N)=O. The Labute approximate surface area is 81.1 Å². The molecule has 70 valence electrons. The van der Waals surface area contributed by atoms with Crippen LogP contribution in [0.3, 0.4) is 0 Å². The molecular formula is C9H10ClNO2. The predicted molar refractivity (Wildman–Crippen MR) is 51.1 cm³/mol. The lowest BCUT2D eigenvalue weighted by Crippen LogP contribution is -2.13. The summed E-state index contributed by atoms with van der Waals surface area (Å²) in [6, 6.07) is 1.61. The van der Waals surface area contributed by atoms with Gasteiger partial charge in [-0.2, -0.15) is 0 Å². The summed E-state index contributed by atoms with van der Waals surface area (Å²) < 4.78 is 0. The van der Waals surface area contributed by atoms with E-state index in [2.05, 4.69) is 0 Å². The monoisotopic (exact) mass is 199 g/mol. The molecule has 13 heavy (non-hydrogen) atoms. The van der Waals surface area contributed by atoms with Crippen LogP contribution in [0.25, 0.3) is 0 Å². The maximum Gasteiger partial charge on any atom is 0.252 e. The van der Waals surface area contributed by atoms with Crippen molar-refractivity contribution in [3.8, 4) is 5.75 Å². The molecule has 0 radical (unpaired) electrons. The molecule has 0 saturated carbocycles. The molecule has 0 aliphatic heterocycles. The quantitative estimate of drug-likeness (QED) is 0.724. The molecule has 1 amide bonds. The summed E-state index contributed by atoms with van der Waals surface area (Å²) in [7, 11) is 0. The lowest BCUT2D eigenvalue weighted by molar-refractivity contribution is 0.0997. The smallest absolute Gasteiger partial charge is 0.252 e. The number of nitrogens with two attached hydrogens (primary N) is 1. The molecule has 0 atom stereocenters. The molecule has 4 heteroatoms. The zero-order chi connectivity index (χ0) is 10.2. The van der Waals surface area contributed by atoms with Gasteiger partial charge in [-0.25, -0.2) is 0 Å². The highest BCUT2D eigenvalue weighted by Gasteiger charge is 2.15. The highest BCUT2D eigenvalue weighted by Crippen LogP contribution is 2.30. The van der Waals surface area contributed by atoms with Gasteiger partial charge in [-0.1, -0.05) is 11.6 Å². The first-order valence-electron chi connectivity index (χ1n) is 3.73. The number of aromatic hydroxyl groups is 1. The first-order valence-corrected chi connectivity index (χ1v) is 4.11. The van der Waals surface area contributed by atoms with Crippen molar-refractivity contribution >= 4 is 17.5 Å². The van der Waals surface area contributed by atoms with Crippen molar-refractivity contribution in [3.63, 3.8) is 0 Å². The van der Waals surface area contributed by atoms with Crippen molar-refractivity contribution in [2.45, 2.75) is 13.8 Å². The van der Waals surface area contributed by atoms with E-state index in [1.165, 1.54) is 0 Å². The molecule has 1 rings (SSSR count). The topological polar surface area (TPSA) is 63.3 Å². The second kappa shape index (κ2) is 3.26. The molecular weight excluding hydrogens is 190 g/mol. The Hall–Kier alpha value is -1.22. The normalized spacial score (nSPS) is 10.1. The van der Waals surface area contributed by atoms with E-state index in [4.69, 9.17) is 17.3 Å². The molecule has 0 spiro atoms. The van der Waals surface area contributed by atoms with E-state index in [-0.39, 0.29) is 11.3 Å². The summed E-state index contributed by atoms with van der Waals surface area (Å²) >= 11 is 5.78. The lowest BCUT2D eigenvalue weighted by Gasteiger charge is -2.08. The van der Waals surface area contributed by atoms with Crippen molar-refractivity contribution in [2.75, 3.05) is 0 Å². The average Bonchev–Trinajstić information content (AvgIpc) is 1.99. The van der Waals surface area contributed by atoms with Crippen LogP contribution >= 0.6 is 11.6 Å². The highest BCUT2D eigenvalue weighted by atomic mass is 35.5. The summed E-state index contributed by atoms with van der Waals surface area (Å²) in [5, 5.41) is 9.97. The van der Waals surface area contributed by atoms with Crippen LogP contribution in [-0.4, -0.2) is 11.0 Å². The van der Waals surface area contributed by atoms with Crippen LogP contribution in [0.2, 0.25) is 5.02 Å². The number of amides is 1. The van der Waals surface area contributed by atoms with Crippen LogP contribution in [0.15, 0.2) is 6.07 Å². The molecule has 1 aromatic rings. The summed E-state index contributed by atoms with van der Waals surface area (Å²) in [6.07, 6.45) is 0. The third-order valence-electron chi connectivity index (χ3n) is 1.93. The van der Waals surface area contributed by atoms with Gasteiger partial charge in [0, 0.05) is 10.6 Å². The first-order chi connectivity index (χ1) is 5.95. The van der Waals surface area contributed by atoms with Crippen LogP contribution in [0.5, 0.6) is 5.75 Å². The van der Waals surface area contributed by atoms with E-state index in [1.807, 2.05) is 0 Å². The number of phenols is 1. The summed E-state index contributed by atoms with van der Waals surface area (Å²) in [4.78, 5) is 10.9. The summed E-state index contributed by atoms with van der Waals surface area (Å²) in [6.45, 7) is 3.30. The standard InChI is InChI=1S/C9H10ClNO2/c1-4-3-6(10)5(2)8(12)7(4)9(11)13/h3,12H,1-2H3,(H2,11,13). The van der Waals surface area contributed by atoms with Gasteiger partial charge in [0.2, 0.25) is 0 Å². The molecule has 0 saturated heterocycles. The number of carbonyl (C=O) groups is 1. The van der Waals surface area contributed by atoms with Crippen molar-refractivity contribution in [1.29, 1.82) is 0 Å². The molecule has 1 aromatic carbocycles. The summed E-state index contributed by atoms with van der Waals surface area (Å²) in [5.41, 5.74) is 6.29. The molecule has 0 bridgehead atoms. The molecule has 3 N–H and O–H groups in total. The fourth-order valence-corrected chi connectivity index (χ4v) is 1.42. The number of benzene rings is 1. The molecule has 0 heterocycles. The van der Waals surface area contributed by atoms with E-state index in [0.29, 0.717) is 16.1 Å². The Morgan fingerprint density at radius 1 is 1.54 bits per heavy atom. The van der Waals surface area contributed by atoms with Crippen molar-refractivity contribution in [3.05, 3.63) is 27.8 Å². The van der Waals surface area contributed by atoms with Crippen LogP contribution in [0, 0.1) is 13.8 Å². The lowest BCUT2D eigenvalue weighted by atomic mass is 10.0. The number of halogens is 1. The summed E-state index contributed by atoms with van der Waals surface area (Å²) in [5.74, 6) is -0.771. The Morgan fingerprint density at radius 3 is 2.54 bits per heavy atom. The molecule has 0 aromatic heterocycles. The number of primary amides is 1. The van der Waals surface area contributed by atoms with Crippen LogP contribution in [0.1, 0.15) is 21.5 Å². The van der Waals surface area contributed by atoms with E-state index >= 15 is 0 Å². The van der Waals surface area contributed by atoms with Gasteiger partial charge in [0.05, 0.1) is 5.56 Å². The second-order valence-electron chi connectivity index (χ2n) is 2.89. The van der Waals surface area contributed by atoms with Crippen molar-refractivity contribution in [2.24, 2.45) is 5.73 Å². The number of aryl methyl sites for hydroxylation is 1. The van der Waals surface area contributed by atoms with Crippen LogP contribution < -0.4 is 5.73 Å². The Bertz CT molecular complexity index is 374. The minimum absolute atomic E-state index is 0.127. The Morgan fingerprint density at radius 2 is 2.08 bits per heavy atom. The Kier molecular flexibility index (Phi) is 2.48. The Balaban J connectivity index is 3.53. The minimum Gasteiger partial charge on any atom is -0.507 e. The van der Waals surface area contributed by atoms with Crippen molar-refractivity contribution < 1.29 is 9.90 Å². The zero-order valence-electron chi connectivity index (χ0n) is 7.39. The maximum atomic E-state index is 10.9. The van der Waals surface area contributed by atoms with Gasteiger partial charge < -0.3 is 10.8 Å². The van der Waals surface area contributed by atoms with E-state index in [9.17, 15) is 9.90 Å². The predicted octanol–water partition coefficient (Wildman–Crippen LogP) is 1.76. The molecule has 0 aliphatic carbocycles. The van der Waals surface area contributed by atoms with E-state index in [1.54, 1.807) is 19.9 Å². The first kappa shape index (κ1) is 9.86. The number of hydrogen-bond donors (Lipinski definition) is 2. The van der Waals surface area contributed by atoms with E-state index in [0.717, 1.165) is 0 Å². The van der Waals surface area contributed by atoms with Crippen LogP contribution in [0.4, 0.5) is 0 Å². The number of carbonyl (C=O) groups excluding carboxylic acids is 1. The largest absolute Gasteiger partial charge is 0.507 e. The van der Waals surface area contributed by atoms with Gasteiger partial charge in [-0.05, 0) is 25.5 Å². The minimum atomic E-state index is -0.644. The third kappa shape index (κ3) is 1.60. The fraction of sp³-hybridized carbons (Fsp3) is 0.222. The van der Waals surface area contributed by atoms with Gasteiger partial charge >= 0.3 is 0 Å². The molecule has 0 fully saturated rings. The molecule has 0 aliphatic rings. The zero-order valence-corrected chi connectivity index (χ0v) is 8.14. The molecule has 3 nitrogen and oxygen atoms in total. The van der Waals surface area contributed by atoms with Gasteiger partial charge in [0.15, 0.2) is 0 Å². The second-order valence-corrected chi connectivity index (χ2v) is 3.30. The average molecular weight is 200 g/mol.